The minimum atomic E-state index is -0.440. The van der Waals surface area contributed by atoms with Gasteiger partial charge in [-0.2, -0.15) is 0 Å². The summed E-state index contributed by atoms with van der Waals surface area (Å²) >= 11 is 0. The van der Waals surface area contributed by atoms with Crippen molar-refractivity contribution < 1.29 is 19.4 Å². The van der Waals surface area contributed by atoms with Crippen molar-refractivity contribution in [2.45, 2.75) is 38.1 Å². The Hall–Kier alpha value is -2.28. The highest BCUT2D eigenvalue weighted by atomic mass is 16.5. The Bertz CT molecular complexity index is 650. The molecule has 0 bridgehead atoms. The van der Waals surface area contributed by atoms with Gasteiger partial charge in [0.25, 0.3) is 0 Å². The molecule has 2 N–H and O–H groups in total. The van der Waals surface area contributed by atoms with Gasteiger partial charge in [-0.05, 0) is 31.0 Å². The Morgan fingerprint density at radius 1 is 1.27 bits per heavy atom. The molecular formula is C19H27N3O4. The predicted molar refractivity (Wildman–Crippen MR) is 99.8 cm³/mol. The van der Waals surface area contributed by atoms with Crippen LogP contribution in [0.1, 0.15) is 42.5 Å². The number of hydrogen-bond acceptors (Lipinski definition) is 5. The van der Waals surface area contributed by atoms with Crippen molar-refractivity contribution in [3.8, 4) is 5.75 Å². The number of nitrogens with one attached hydrogen (secondary N) is 1. The fourth-order valence-electron chi connectivity index (χ4n) is 3.35. The first kappa shape index (κ1) is 18.5. The number of morpholine rings is 1. The number of carbonyl (C=O) groups is 1. The summed E-state index contributed by atoms with van der Waals surface area (Å²) in [4.78, 5) is 18.9. The molecule has 1 saturated carbocycles. The van der Waals surface area contributed by atoms with Crippen LogP contribution in [0.3, 0.4) is 0 Å². The van der Waals surface area contributed by atoms with E-state index in [2.05, 4.69) is 10.2 Å². The molecule has 142 valence electrons. The lowest BCUT2D eigenvalue weighted by Crippen LogP contribution is -2.44. The van der Waals surface area contributed by atoms with Gasteiger partial charge in [0.1, 0.15) is 5.75 Å². The number of guanidine groups is 1. The molecule has 1 aliphatic heterocycles. The van der Waals surface area contributed by atoms with Crippen molar-refractivity contribution in [1.82, 2.24) is 4.90 Å². The highest BCUT2D eigenvalue weighted by Gasteiger charge is 2.20. The van der Waals surface area contributed by atoms with Crippen molar-refractivity contribution in [3.63, 3.8) is 0 Å². The van der Waals surface area contributed by atoms with Crippen LogP contribution in [0, 0.1) is 0 Å². The van der Waals surface area contributed by atoms with Gasteiger partial charge in [-0.25, -0.2) is 9.79 Å². The first-order chi connectivity index (χ1) is 12.7. The molecule has 3 rings (SSSR count). The second-order valence-corrected chi connectivity index (χ2v) is 6.69. The van der Waals surface area contributed by atoms with Crippen LogP contribution in [0.4, 0.5) is 5.69 Å². The molecule has 0 amide bonds. The molecule has 2 fully saturated rings. The summed E-state index contributed by atoms with van der Waals surface area (Å²) in [5, 5.41) is 13.5. The third-order valence-electron chi connectivity index (χ3n) is 4.85. The Balaban J connectivity index is 1.84. The molecule has 0 aromatic heterocycles. The SMILES string of the molecule is COC(=O)c1ccc(O)c(NC(=NC2CCCCC2)N2CCOCC2)c1. The largest absolute Gasteiger partial charge is 0.506 e. The van der Waals surface area contributed by atoms with E-state index in [9.17, 15) is 9.90 Å². The number of phenols is 1. The first-order valence-corrected chi connectivity index (χ1v) is 9.26. The van der Waals surface area contributed by atoms with E-state index < -0.39 is 5.97 Å². The Morgan fingerprint density at radius 2 is 2.00 bits per heavy atom. The van der Waals surface area contributed by atoms with Crippen LogP contribution in [0.2, 0.25) is 0 Å². The first-order valence-electron chi connectivity index (χ1n) is 9.26. The van der Waals surface area contributed by atoms with Crippen molar-refractivity contribution in [1.29, 1.82) is 0 Å². The average molecular weight is 361 g/mol. The maximum atomic E-state index is 11.8. The van der Waals surface area contributed by atoms with Crippen LogP contribution in [0.15, 0.2) is 23.2 Å². The summed E-state index contributed by atoms with van der Waals surface area (Å²) < 4.78 is 10.2. The van der Waals surface area contributed by atoms with Crippen molar-refractivity contribution in [2.75, 3.05) is 38.7 Å². The summed E-state index contributed by atoms with van der Waals surface area (Å²) in [6.45, 7) is 2.80. The van der Waals surface area contributed by atoms with Gasteiger partial charge in [0, 0.05) is 13.1 Å². The van der Waals surface area contributed by atoms with Gasteiger partial charge in [-0.15, -0.1) is 0 Å². The number of methoxy groups -OCH3 is 1. The number of ether oxygens (including phenoxy) is 2. The third-order valence-corrected chi connectivity index (χ3v) is 4.85. The maximum absolute atomic E-state index is 11.8. The third kappa shape index (κ3) is 4.66. The van der Waals surface area contributed by atoms with Gasteiger partial charge in [-0.1, -0.05) is 19.3 Å². The van der Waals surface area contributed by atoms with Crippen molar-refractivity contribution in [3.05, 3.63) is 23.8 Å². The Morgan fingerprint density at radius 3 is 2.69 bits per heavy atom. The number of phenolic OH excluding ortho intramolecular Hbond substituents is 1. The zero-order valence-corrected chi connectivity index (χ0v) is 15.2. The van der Waals surface area contributed by atoms with Gasteiger partial charge in [0.2, 0.25) is 0 Å². The Kier molecular flexibility index (Phi) is 6.33. The number of aliphatic imine (C=N–C) groups is 1. The fourth-order valence-corrected chi connectivity index (χ4v) is 3.35. The normalized spacial score (nSPS) is 19.3. The molecule has 1 aliphatic carbocycles. The topological polar surface area (TPSA) is 83.4 Å². The maximum Gasteiger partial charge on any atom is 0.337 e. The summed E-state index contributed by atoms with van der Waals surface area (Å²) in [5.74, 6) is 0.366. The number of anilines is 1. The number of rotatable bonds is 3. The van der Waals surface area contributed by atoms with Crippen LogP contribution in [-0.4, -0.2) is 61.4 Å². The van der Waals surface area contributed by atoms with Gasteiger partial charge >= 0.3 is 5.97 Å². The molecule has 1 saturated heterocycles. The molecule has 7 nitrogen and oxygen atoms in total. The second-order valence-electron chi connectivity index (χ2n) is 6.69. The summed E-state index contributed by atoms with van der Waals surface area (Å²) in [6.07, 6.45) is 5.85. The summed E-state index contributed by atoms with van der Waals surface area (Å²) in [6, 6.07) is 4.92. The lowest BCUT2D eigenvalue weighted by atomic mass is 9.96. The molecule has 0 unspecified atom stereocenters. The van der Waals surface area contributed by atoms with E-state index in [4.69, 9.17) is 14.5 Å². The quantitative estimate of drug-likeness (QED) is 0.373. The van der Waals surface area contributed by atoms with E-state index in [1.165, 1.54) is 32.4 Å². The molecule has 2 aliphatic rings. The molecule has 0 spiro atoms. The molecular weight excluding hydrogens is 334 g/mol. The van der Waals surface area contributed by atoms with Gasteiger partial charge in [0.15, 0.2) is 5.96 Å². The standard InChI is InChI=1S/C19H27N3O4/c1-25-18(24)14-7-8-17(23)16(13-14)21-19(22-9-11-26-12-10-22)20-15-5-3-2-4-6-15/h7-8,13,15,23H,2-6,9-12H2,1H3,(H,20,21). The van der Waals surface area contributed by atoms with Crippen LogP contribution >= 0.6 is 0 Å². The monoisotopic (exact) mass is 361 g/mol. The van der Waals surface area contributed by atoms with E-state index in [1.54, 1.807) is 12.1 Å². The number of hydrogen-bond donors (Lipinski definition) is 2. The zero-order valence-electron chi connectivity index (χ0n) is 15.2. The van der Waals surface area contributed by atoms with E-state index in [0.29, 0.717) is 30.5 Å². The minimum Gasteiger partial charge on any atom is -0.506 e. The van der Waals surface area contributed by atoms with Gasteiger partial charge in [0.05, 0.1) is 37.6 Å². The molecule has 7 heteroatoms. The highest BCUT2D eigenvalue weighted by Crippen LogP contribution is 2.26. The molecule has 1 aromatic rings. The molecule has 26 heavy (non-hydrogen) atoms. The number of aromatic hydroxyl groups is 1. The van der Waals surface area contributed by atoms with E-state index in [-0.39, 0.29) is 5.75 Å². The zero-order chi connectivity index (χ0) is 18.4. The molecule has 1 heterocycles. The lowest BCUT2D eigenvalue weighted by Gasteiger charge is -2.32. The Labute approximate surface area is 154 Å². The summed E-state index contributed by atoms with van der Waals surface area (Å²) in [5.41, 5.74) is 0.834. The van der Waals surface area contributed by atoms with E-state index in [0.717, 1.165) is 31.9 Å². The smallest absolute Gasteiger partial charge is 0.337 e. The second kappa shape index (κ2) is 8.89. The van der Waals surface area contributed by atoms with Gasteiger partial charge < -0.3 is 24.8 Å². The molecule has 0 radical (unpaired) electrons. The van der Waals surface area contributed by atoms with Crippen molar-refractivity contribution >= 4 is 17.6 Å². The van der Waals surface area contributed by atoms with Crippen molar-refractivity contribution in [2.24, 2.45) is 4.99 Å². The van der Waals surface area contributed by atoms with Crippen LogP contribution in [-0.2, 0) is 9.47 Å². The summed E-state index contributed by atoms with van der Waals surface area (Å²) in [7, 11) is 1.34. The fraction of sp³-hybridized carbons (Fsp3) is 0.579. The van der Waals surface area contributed by atoms with Gasteiger partial charge in [-0.3, -0.25) is 0 Å². The lowest BCUT2D eigenvalue weighted by molar-refractivity contribution is 0.0601. The molecule has 0 atom stereocenters. The van der Waals surface area contributed by atoms with E-state index in [1.807, 2.05) is 0 Å². The average Bonchev–Trinajstić information content (AvgIpc) is 2.70. The van der Waals surface area contributed by atoms with Crippen LogP contribution in [0.25, 0.3) is 0 Å². The molecule has 1 aromatic carbocycles. The van der Waals surface area contributed by atoms with Crippen LogP contribution < -0.4 is 5.32 Å². The predicted octanol–water partition coefficient (Wildman–Crippen LogP) is 2.61. The number of carbonyl (C=O) groups excluding carboxylic acids is 1. The van der Waals surface area contributed by atoms with Crippen LogP contribution in [0.5, 0.6) is 5.75 Å². The minimum absolute atomic E-state index is 0.0715. The highest BCUT2D eigenvalue weighted by molar-refractivity contribution is 5.97. The van der Waals surface area contributed by atoms with E-state index >= 15 is 0 Å². The number of benzene rings is 1. The number of nitrogens with zero attached hydrogens (tertiary/aromatic N) is 2. The number of esters is 1.